The minimum Gasteiger partial charge on any atom is -0.456 e. The summed E-state index contributed by atoms with van der Waals surface area (Å²) in [6.07, 6.45) is 0. The Kier molecular flexibility index (Phi) is 5.58. The van der Waals surface area contributed by atoms with Gasteiger partial charge in [0.1, 0.15) is 11.2 Å². The number of para-hydroxylation sites is 2. The molecule has 45 heavy (non-hydrogen) atoms. The molecule has 1 aliphatic carbocycles. The van der Waals surface area contributed by atoms with E-state index in [4.69, 9.17) is 4.42 Å². The molecule has 0 radical (unpaired) electrons. The fourth-order valence-corrected chi connectivity index (χ4v) is 7.61. The summed E-state index contributed by atoms with van der Waals surface area (Å²) in [7, 11) is 0. The second-order valence-corrected chi connectivity index (χ2v) is 12.5. The Labute approximate surface area is 262 Å². The van der Waals surface area contributed by atoms with Gasteiger partial charge in [0.15, 0.2) is 0 Å². The zero-order valence-corrected chi connectivity index (χ0v) is 25.3. The van der Waals surface area contributed by atoms with Gasteiger partial charge in [0, 0.05) is 21.8 Å². The zero-order chi connectivity index (χ0) is 30.1. The van der Waals surface area contributed by atoms with Crippen LogP contribution in [0.4, 0.5) is 17.1 Å². The molecule has 0 atom stereocenters. The molecule has 214 valence electrons. The summed E-state index contributed by atoms with van der Waals surface area (Å²) in [6, 6.07) is 54.7. The van der Waals surface area contributed by atoms with Crippen LogP contribution in [0.15, 0.2) is 156 Å². The summed E-state index contributed by atoms with van der Waals surface area (Å²) < 4.78 is 6.41. The standard InChI is InChI=1S/C43H31NO/c1-43(2)34-21-8-5-18-32(34)41-31(20-12-22-35(41)43)30-17-6-9-23-37(30)44(36-24-11-15-28-14-3-4-16-29(28)36)38-25-13-27-40-42(38)33-19-7-10-26-39(33)45-40/h3-27H,1-2H3. The van der Waals surface area contributed by atoms with Gasteiger partial charge >= 0.3 is 0 Å². The first-order valence-corrected chi connectivity index (χ1v) is 15.6. The highest BCUT2D eigenvalue weighted by atomic mass is 16.3. The van der Waals surface area contributed by atoms with E-state index in [9.17, 15) is 0 Å². The average molecular weight is 578 g/mol. The average Bonchev–Trinajstić information content (AvgIpc) is 3.58. The lowest BCUT2D eigenvalue weighted by Gasteiger charge is -2.30. The van der Waals surface area contributed by atoms with Gasteiger partial charge in [0.2, 0.25) is 0 Å². The van der Waals surface area contributed by atoms with Crippen molar-refractivity contribution in [1.82, 2.24) is 0 Å². The third kappa shape index (κ3) is 3.76. The van der Waals surface area contributed by atoms with Gasteiger partial charge < -0.3 is 9.32 Å². The highest BCUT2D eigenvalue weighted by Gasteiger charge is 2.37. The van der Waals surface area contributed by atoms with Crippen molar-refractivity contribution in [3.8, 4) is 22.3 Å². The number of hydrogen-bond donors (Lipinski definition) is 0. The summed E-state index contributed by atoms with van der Waals surface area (Å²) >= 11 is 0. The van der Waals surface area contributed by atoms with Gasteiger partial charge in [-0.1, -0.05) is 135 Å². The molecule has 2 nitrogen and oxygen atoms in total. The zero-order valence-electron chi connectivity index (χ0n) is 25.3. The van der Waals surface area contributed by atoms with Crippen molar-refractivity contribution in [3.63, 3.8) is 0 Å². The molecule has 0 saturated carbocycles. The molecule has 2 heteroatoms. The molecule has 0 saturated heterocycles. The van der Waals surface area contributed by atoms with Crippen molar-refractivity contribution in [1.29, 1.82) is 0 Å². The van der Waals surface area contributed by atoms with Crippen LogP contribution in [-0.2, 0) is 5.41 Å². The van der Waals surface area contributed by atoms with Gasteiger partial charge in [-0.2, -0.15) is 0 Å². The van der Waals surface area contributed by atoms with Gasteiger partial charge in [-0.05, 0) is 63.5 Å². The van der Waals surface area contributed by atoms with Crippen molar-refractivity contribution in [3.05, 3.63) is 163 Å². The molecule has 9 rings (SSSR count). The van der Waals surface area contributed by atoms with Crippen LogP contribution in [0.2, 0.25) is 0 Å². The van der Waals surface area contributed by atoms with Crippen molar-refractivity contribution < 1.29 is 4.42 Å². The molecule has 0 bridgehead atoms. The van der Waals surface area contributed by atoms with Gasteiger partial charge in [-0.3, -0.25) is 0 Å². The van der Waals surface area contributed by atoms with Crippen LogP contribution in [0.3, 0.4) is 0 Å². The summed E-state index contributed by atoms with van der Waals surface area (Å²) in [5, 5.41) is 4.63. The van der Waals surface area contributed by atoms with Crippen LogP contribution in [0.1, 0.15) is 25.0 Å². The second-order valence-electron chi connectivity index (χ2n) is 12.5. The summed E-state index contributed by atoms with van der Waals surface area (Å²) in [5.41, 5.74) is 12.9. The number of rotatable bonds is 4. The normalized spacial score (nSPS) is 13.3. The molecule has 1 heterocycles. The van der Waals surface area contributed by atoms with E-state index in [1.54, 1.807) is 0 Å². The maximum absolute atomic E-state index is 6.41. The second kappa shape index (κ2) is 9.70. The first-order chi connectivity index (χ1) is 22.1. The third-order valence-electron chi connectivity index (χ3n) is 9.67. The number of furan rings is 1. The molecule has 8 aromatic rings. The molecule has 0 spiro atoms. The van der Waals surface area contributed by atoms with E-state index < -0.39 is 0 Å². The quantitative estimate of drug-likeness (QED) is 0.207. The predicted molar refractivity (Wildman–Crippen MR) is 189 cm³/mol. The largest absolute Gasteiger partial charge is 0.456 e. The molecule has 0 N–H and O–H groups in total. The predicted octanol–water partition coefficient (Wildman–Crippen LogP) is 12.2. The highest BCUT2D eigenvalue weighted by molar-refractivity contribution is 6.15. The van der Waals surface area contributed by atoms with Crippen LogP contribution in [0.25, 0.3) is 55.0 Å². The Morgan fingerprint density at radius 3 is 1.93 bits per heavy atom. The van der Waals surface area contributed by atoms with Gasteiger partial charge in [0.25, 0.3) is 0 Å². The Morgan fingerprint density at radius 2 is 1.02 bits per heavy atom. The van der Waals surface area contributed by atoms with Crippen molar-refractivity contribution >= 4 is 49.8 Å². The van der Waals surface area contributed by atoms with Crippen molar-refractivity contribution in [2.45, 2.75) is 19.3 Å². The molecule has 7 aromatic carbocycles. The van der Waals surface area contributed by atoms with Crippen LogP contribution in [0.5, 0.6) is 0 Å². The lowest BCUT2D eigenvalue weighted by Crippen LogP contribution is -2.15. The van der Waals surface area contributed by atoms with E-state index in [1.165, 1.54) is 44.2 Å². The third-order valence-corrected chi connectivity index (χ3v) is 9.67. The Morgan fingerprint density at radius 1 is 0.444 bits per heavy atom. The number of nitrogens with zero attached hydrogens (tertiary/aromatic N) is 1. The molecule has 1 aliphatic rings. The Balaban J connectivity index is 1.39. The minimum absolute atomic E-state index is 0.0759. The van der Waals surface area contributed by atoms with Gasteiger partial charge in [0.05, 0.1) is 22.4 Å². The number of benzene rings is 7. The lowest BCUT2D eigenvalue weighted by atomic mass is 9.82. The molecule has 0 fully saturated rings. The van der Waals surface area contributed by atoms with E-state index in [1.807, 2.05) is 6.07 Å². The topological polar surface area (TPSA) is 16.4 Å². The van der Waals surface area contributed by atoms with Crippen LogP contribution < -0.4 is 4.90 Å². The van der Waals surface area contributed by atoms with Gasteiger partial charge in [-0.15, -0.1) is 0 Å². The van der Waals surface area contributed by atoms with E-state index in [2.05, 4.69) is 164 Å². The highest BCUT2D eigenvalue weighted by Crippen LogP contribution is 2.54. The van der Waals surface area contributed by atoms with Crippen LogP contribution in [-0.4, -0.2) is 0 Å². The summed E-state index contributed by atoms with van der Waals surface area (Å²) in [6.45, 7) is 4.70. The van der Waals surface area contributed by atoms with E-state index in [-0.39, 0.29) is 5.41 Å². The van der Waals surface area contributed by atoms with Gasteiger partial charge in [-0.25, -0.2) is 0 Å². The number of hydrogen-bond acceptors (Lipinski definition) is 2. The Bertz CT molecular complexity index is 2420. The molecule has 0 amide bonds. The minimum atomic E-state index is -0.0759. The van der Waals surface area contributed by atoms with Crippen molar-refractivity contribution in [2.75, 3.05) is 4.90 Å². The molecular formula is C43H31NO. The maximum Gasteiger partial charge on any atom is 0.137 e. The Hall–Kier alpha value is -5.60. The summed E-state index contributed by atoms with van der Waals surface area (Å²) in [5.74, 6) is 0. The fourth-order valence-electron chi connectivity index (χ4n) is 7.61. The number of anilines is 3. The lowest BCUT2D eigenvalue weighted by molar-refractivity contribution is 0.660. The molecule has 0 aliphatic heterocycles. The maximum atomic E-state index is 6.41. The number of fused-ring (bicyclic) bond motifs is 7. The first kappa shape index (κ1) is 25.9. The van der Waals surface area contributed by atoms with E-state index >= 15 is 0 Å². The molecular weight excluding hydrogens is 546 g/mol. The first-order valence-electron chi connectivity index (χ1n) is 15.6. The molecule has 0 unspecified atom stereocenters. The molecule has 1 aromatic heterocycles. The van der Waals surface area contributed by atoms with E-state index in [0.29, 0.717) is 0 Å². The monoisotopic (exact) mass is 577 g/mol. The summed E-state index contributed by atoms with van der Waals surface area (Å²) in [4.78, 5) is 2.45. The smallest absolute Gasteiger partial charge is 0.137 e. The van der Waals surface area contributed by atoms with Crippen LogP contribution in [0, 0.1) is 0 Å². The van der Waals surface area contributed by atoms with Crippen LogP contribution >= 0.6 is 0 Å². The fraction of sp³-hybridized carbons (Fsp3) is 0.0698. The SMILES string of the molecule is CC1(C)c2ccccc2-c2c(-c3ccccc3N(c3cccc4ccccc34)c3cccc4oc5ccccc5c34)cccc21. The van der Waals surface area contributed by atoms with E-state index in [0.717, 1.165) is 39.0 Å². The van der Waals surface area contributed by atoms with Crippen molar-refractivity contribution in [2.24, 2.45) is 0 Å².